The van der Waals surface area contributed by atoms with Crippen LogP contribution in [0.3, 0.4) is 0 Å². The van der Waals surface area contributed by atoms with E-state index in [1.165, 1.54) is 5.56 Å². The van der Waals surface area contributed by atoms with Gasteiger partial charge in [0.1, 0.15) is 0 Å². The standard InChI is InChI=1S/C15H21NO2/c1-2-6-13-10-16(11-14(13)15(17)18)9-12-7-4-3-5-8-12/h3-5,7-8,13-14H,2,6,9-11H2,1H3,(H,17,18)/t13-,14-/m1/s1. The Labute approximate surface area is 108 Å². The largest absolute Gasteiger partial charge is 0.481 e. The molecular formula is C15H21NO2. The average Bonchev–Trinajstić information content (AvgIpc) is 2.74. The Bertz CT molecular complexity index is 391. The van der Waals surface area contributed by atoms with Crippen molar-refractivity contribution in [1.29, 1.82) is 0 Å². The van der Waals surface area contributed by atoms with Gasteiger partial charge >= 0.3 is 5.97 Å². The van der Waals surface area contributed by atoms with Crippen LogP contribution in [0.1, 0.15) is 25.3 Å². The monoisotopic (exact) mass is 247 g/mol. The van der Waals surface area contributed by atoms with Crippen LogP contribution in [-0.2, 0) is 11.3 Å². The lowest BCUT2D eigenvalue weighted by Crippen LogP contribution is -2.23. The fraction of sp³-hybridized carbons (Fsp3) is 0.533. The van der Waals surface area contributed by atoms with Crippen molar-refractivity contribution in [3.8, 4) is 0 Å². The highest BCUT2D eigenvalue weighted by atomic mass is 16.4. The molecule has 0 unspecified atom stereocenters. The zero-order valence-corrected chi connectivity index (χ0v) is 10.9. The van der Waals surface area contributed by atoms with Crippen molar-refractivity contribution in [1.82, 2.24) is 4.90 Å². The summed E-state index contributed by atoms with van der Waals surface area (Å²) < 4.78 is 0. The van der Waals surface area contributed by atoms with Gasteiger partial charge in [0.15, 0.2) is 0 Å². The molecule has 1 heterocycles. The topological polar surface area (TPSA) is 40.5 Å². The molecule has 0 saturated carbocycles. The van der Waals surface area contributed by atoms with Crippen LogP contribution < -0.4 is 0 Å². The minimum Gasteiger partial charge on any atom is -0.481 e. The smallest absolute Gasteiger partial charge is 0.308 e. The Kier molecular flexibility index (Phi) is 4.37. The predicted molar refractivity (Wildman–Crippen MR) is 71.2 cm³/mol. The van der Waals surface area contributed by atoms with Crippen molar-refractivity contribution < 1.29 is 9.90 Å². The van der Waals surface area contributed by atoms with Crippen LogP contribution in [0.15, 0.2) is 30.3 Å². The minimum absolute atomic E-state index is 0.186. The van der Waals surface area contributed by atoms with Gasteiger partial charge in [-0.15, -0.1) is 0 Å². The van der Waals surface area contributed by atoms with E-state index in [4.69, 9.17) is 0 Å². The Morgan fingerprint density at radius 3 is 2.67 bits per heavy atom. The quantitative estimate of drug-likeness (QED) is 0.869. The first-order chi connectivity index (χ1) is 8.70. The van der Waals surface area contributed by atoms with E-state index in [0.717, 1.165) is 25.9 Å². The molecule has 1 saturated heterocycles. The van der Waals surface area contributed by atoms with Crippen molar-refractivity contribution in [2.24, 2.45) is 11.8 Å². The zero-order chi connectivity index (χ0) is 13.0. The summed E-state index contributed by atoms with van der Waals surface area (Å²) in [6.45, 7) is 4.60. The van der Waals surface area contributed by atoms with Crippen LogP contribution in [0.4, 0.5) is 0 Å². The van der Waals surface area contributed by atoms with Crippen molar-refractivity contribution in [2.45, 2.75) is 26.3 Å². The molecule has 0 radical (unpaired) electrons. The fourth-order valence-corrected chi connectivity index (χ4v) is 2.87. The summed E-state index contributed by atoms with van der Waals surface area (Å²) in [5.74, 6) is -0.506. The van der Waals surface area contributed by atoms with Crippen LogP contribution in [-0.4, -0.2) is 29.1 Å². The van der Waals surface area contributed by atoms with Gasteiger partial charge in [-0.25, -0.2) is 0 Å². The number of likely N-dealkylation sites (tertiary alicyclic amines) is 1. The molecule has 18 heavy (non-hydrogen) atoms. The lowest BCUT2D eigenvalue weighted by atomic mass is 9.92. The molecule has 0 amide bonds. The average molecular weight is 247 g/mol. The molecule has 1 fully saturated rings. The summed E-state index contributed by atoms with van der Waals surface area (Å²) in [7, 11) is 0. The van der Waals surface area contributed by atoms with Crippen LogP contribution in [0, 0.1) is 11.8 Å². The Balaban J connectivity index is 1.98. The second-order valence-corrected chi connectivity index (χ2v) is 5.17. The van der Waals surface area contributed by atoms with Crippen LogP contribution in [0.2, 0.25) is 0 Å². The Morgan fingerprint density at radius 2 is 2.06 bits per heavy atom. The molecule has 3 nitrogen and oxygen atoms in total. The number of aliphatic carboxylic acids is 1. The van der Waals surface area contributed by atoms with E-state index in [0.29, 0.717) is 12.5 Å². The number of nitrogens with zero attached hydrogens (tertiary/aromatic N) is 1. The summed E-state index contributed by atoms with van der Waals surface area (Å²) in [6, 6.07) is 10.3. The van der Waals surface area contributed by atoms with Gasteiger partial charge in [0, 0.05) is 19.6 Å². The lowest BCUT2D eigenvalue weighted by Gasteiger charge is -2.15. The highest BCUT2D eigenvalue weighted by Gasteiger charge is 2.36. The molecule has 1 aromatic rings. The number of carboxylic acid groups (broad SMARTS) is 1. The number of hydrogen-bond acceptors (Lipinski definition) is 2. The maximum absolute atomic E-state index is 11.3. The molecule has 3 heteroatoms. The number of benzene rings is 1. The molecule has 0 bridgehead atoms. The second-order valence-electron chi connectivity index (χ2n) is 5.17. The van der Waals surface area contributed by atoms with Crippen molar-refractivity contribution in [2.75, 3.05) is 13.1 Å². The molecule has 0 aromatic heterocycles. The molecular weight excluding hydrogens is 226 g/mol. The highest BCUT2D eigenvalue weighted by molar-refractivity contribution is 5.71. The lowest BCUT2D eigenvalue weighted by molar-refractivity contribution is -0.142. The fourth-order valence-electron chi connectivity index (χ4n) is 2.87. The van der Waals surface area contributed by atoms with Crippen LogP contribution >= 0.6 is 0 Å². The molecule has 2 atom stereocenters. The number of rotatable bonds is 5. The summed E-state index contributed by atoms with van der Waals surface area (Å²) in [4.78, 5) is 13.5. The summed E-state index contributed by atoms with van der Waals surface area (Å²) in [5.41, 5.74) is 1.26. The van der Waals surface area contributed by atoms with Gasteiger partial charge in [-0.05, 0) is 17.9 Å². The third kappa shape index (κ3) is 3.10. The van der Waals surface area contributed by atoms with E-state index in [1.54, 1.807) is 0 Å². The maximum atomic E-state index is 11.3. The van der Waals surface area contributed by atoms with Crippen molar-refractivity contribution in [3.63, 3.8) is 0 Å². The molecule has 1 aliphatic rings. The molecule has 0 spiro atoms. The zero-order valence-electron chi connectivity index (χ0n) is 10.9. The van der Waals surface area contributed by atoms with Crippen LogP contribution in [0.5, 0.6) is 0 Å². The van der Waals surface area contributed by atoms with E-state index in [9.17, 15) is 9.90 Å². The van der Waals surface area contributed by atoms with Crippen molar-refractivity contribution >= 4 is 5.97 Å². The molecule has 1 aliphatic heterocycles. The van der Waals surface area contributed by atoms with E-state index in [2.05, 4.69) is 24.0 Å². The minimum atomic E-state index is -0.635. The molecule has 1 N–H and O–H groups in total. The maximum Gasteiger partial charge on any atom is 0.308 e. The third-order valence-corrected chi connectivity index (χ3v) is 3.74. The van der Waals surface area contributed by atoms with Gasteiger partial charge in [-0.2, -0.15) is 0 Å². The number of hydrogen-bond donors (Lipinski definition) is 1. The first-order valence-electron chi connectivity index (χ1n) is 6.69. The number of carbonyl (C=O) groups is 1. The third-order valence-electron chi connectivity index (χ3n) is 3.74. The Hall–Kier alpha value is -1.35. The van der Waals surface area contributed by atoms with Gasteiger partial charge in [0.25, 0.3) is 0 Å². The van der Waals surface area contributed by atoms with E-state index >= 15 is 0 Å². The van der Waals surface area contributed by atoms with Gasteiger partial charge < -0.3 is 5.11 Å². The number of carboxylic acids is 1. The first kappa shape index (κ1) is 13.1. The summed E-state index contributed by atoms with van der Waals surface area (Å²) in [5, 5.41) is 9.27. The van der Waals surface area contributed by atoms with Crippen LogP contribution in [0.25, 0.3) is 0 Å². The predicted octanol–water partition coefficient (Wildman–Crippen LogP) is 2.62. The van der Waals surface area contributed by atoms with Gasteiger partial charge in [-0.1, -0.05) is 43.7 Å². The molecule has 0 aliphatic carbocycles. The highest BCUT2D eigenvalue weighted by Crippen LogP contribution is 2.28. The van der Waals surface area contributed by atoms with E-state index < -0.39 is 5.97 Å². The van der Waals surface area contributed by atoms with E-state index in [-0.39, 0.29) is 5.92 Å². The SMILES string of the molecule is CCC[C@@H]1CN(Cc2ccccc2)C[C@H]1C(=O)O. The normalized spacial score (nSPS) is 24.3. The summed E-state index contributed by atoms with van der Waals surface area (Å²) in [6.07, 6.45) is 2.08. The van der Waals surface area contributed by atoms with Gasteiger partial charge in [-0.3, -0.25) is 9.69 Å². The van der Waals surface area contributed by atoms with Crippen molar-refractivity contribution in [3.05, 3.63) is 35.9 Å². The second kappa shape index (κ2) is 6.01. The van der Waals surface area contributed by atoms with Gasteiger partial charge in [0.05, 0.1) is 5.92 Å². The molecule has 98 valence electrons. The Morgan fingerprint density at radius 1 is 1.33 bits per heavy atom. The summed E-state index contributed by atoms with van der Waals surface area (Å²) >= 11 is 0. The molecule has 1 aromatic carbocycles. The van der Waals surface area contributed by atoms with E-state index in [1.807, 2.05) is 18.2 Å². The van der Waals surface area contributed by atoms with Gasteiger partial charge in [0.2, 0.25) is 0 Å². The molecule has 2 rings (SSSR count). The first-order valence-corrected chi connectivity index (χ1v) is 6.69.